The Hall–Kier alpha value is -3.39. The van der Waals surface area contributed by atoms with E-state index in [1.807, 2.05) is 24.3 Å². The molecule has 33 heavy (non-hydrogen) atoms. The average Bonchev–Trinajstić information content (AvgIpc) is 3.58. The first-order chi connectivity index (χ1) is 15.9. The molecule has 1 saturated carbocycles. The lowest BCUT2D eigenvalue weighted by atomic mass is 9.93. The van der Waals surface area contributed by atoms with Gasteiger partial charge in [-0.15, -0.1) is 0 Å². The third kappa shape index (κ3) is 4.06. The van der Waals surface area contributed by atoms with Crippen LogP contribution in [0.2, 0.25) is 0 Å². The molecule has 2 aromatic rings. The number of aliphatic hydroxyl groups is 1. The Kier molecular flexibility index (Phi) is 5.32. The number of ether oxygens (including phenoxy) is 1. The summed E-state index contributed by atoms with van der Waals surface area (Å²) in [7, 11) is 0. The molecule has 1 atom stereocenters. The maximum Gasteiger partial charge on any atom is 0.407 e. The van der Waals surface area contributed by atoms with Crippen molar-refractivity contribution in [2.75, 3.05) is 19.7 Å². The number of fused-ring (bicyclic) bond motifs is 3. The molecule has 1 saturated heterocycles. The highest BCUT2D eigenvalue weighted by molar-refractivity contribution is 5.85. The molecule has 5 rings (SSSR count). The van der Waals surface area contributed by atoms with Crippen LogP contribution in [-0.2, 0) is 14.3 Å². The van der Waals surface area contributed by atoms with Gasteiger partial charge >= 0.3 is 12.1 Å². The van der Waals surface area contributed by atoms with Crippen LogP contribution in [0.25, 0.3) is 11.1 Å². The van der Waals surface area contributed by atoms with Gasteiger partial charge in [0.05, 0.1) is 13.1 Å². The predicted molar refractivity (Wildman–Crippen MR) is 118 cm³/mol. The molecule has 1 heterocycles. The van der Waals surface area contributed by atoms with Crippen molar-refractivity contribution in [3.63, 3.8) is 0 Å². The van der Waals surface area contributed by atoms with Crippen LogP contribution >= 0.6 is 0 Å². The molecule has 2 aromatic carbocycles. The number of carbonyl (C=O) groups excluding carboxylic acids is 2. The predicted octanol–water partition coefficient (Wildman–Crippen LogP) is 2.35. The van der Waals surface area contributed by atoms with Crippen LogP contribution in [0.1, 0.15) is 36.3 Å². The SMILES string of the molecule is O=C(NC(CC(=O)N1CC(O)(C(=O)O)C1)C1CC1)OCC1c2ccccc2-c2ccccc21. The van der Waals surface area contributed by atoms with Gasteiger partial charge < -0.3 is 25.2 Å². The maximum absolute atomic E-state index is 12.6. The lowest BCUT2D eigenvalue weighted by molar-refractivity contribution is -0.182. The van der Waals surface area contributed by atoms with Crippen molar-refractivity contribution >= 4 is 18.0 Å². The Balaban J connectivity index is 1.18. The van der Waals surface area contributed by atoms with E-state index in [4.69, 9.17) is 9.84 Å². The van der Waals surface area contributed by atoms with Gasteiger partial charge in [-0.1, -0.05) is 48.5 Å². The normalized spacial score (nSPS) is 19.1. The van der Waals surface area contributed by atoms with Gasteiger partial charge in [0.1, 0.15) is 6.61 Å². The molecular weight excluding hydrogens is 424 g/mol. The highest BCUT2D eigenvalue weighted by Gasteiger charge is 2.50. The van der Waals surface area contributed by atoms with Crippen molar-refractivity contribution in [1.29, 1.82) is 0 Å². The van der Waals surface area contributed by atoms with Gasteiger partial charge in [-0.2, -0.15) is 0 Å². The first-order valence-electron chi connectivity index (χ1n) is 11.2. The summed E-state index contributed by atoms with van der Waals surface area (Å²) >= 11 is 0. The molecule has 172 valence electrons. The first kappa shape index (κ1) is 21.5. The lowest BCUT2D eigenvalue weighted by Gasteiger charge is -2.43. The van der Waals surface area contributed by atoms with Crippen molar-refractivity contribution < 1.29 is 29.3 Å². The van der Waals surface area contributed by atoms with Crippen LogP contribution in [0.4, 0.5) is 4.79 Å². The zero-order valence-corrected chi connectivity index (χ0v) is 18.1. The van der Waals surface area contributed by atoms with E-state index in [-0.39, 0.29) is 49.9 Å². The van der Waals surface area contributed by atoms with Crippen molar-refractivity contribution in [2.45, 2.75) is 36.8 Å². The number of β-amino-alcohol motifs (C(OH)–C–C–N with tert-alkyl or cyclic N) is 1. The van der Waals surface area contributed by atoms with Gasteiger partial charge in [0.15, 0.2) is 5.60 Å². The molecule has 1 unspecified atom stereocenters. The molecule has 2 aliphatic carbocycles. The number of aliphatic carboxylic acids is 1. The fourth-order valence-corrected chi connectivity index (χ4v) is 4.84. The molecule has 3 aliphatic rings. The number of hydrogen-bond acceptors (Lipinski definition) is 5. The van der Waals surface area contributed by atoms with Crippen LogP contribution in [0.3, 0.4) is 0 Å². The molecule has 8 nitrogen and oxygen atoms in total. The Morgan fingerprint density at radius 3 is 2.15 bits per heavy atom. The number of rotatable bonds is 7. The van der Waals surface area contributed by atoms with E-state index in [0.717, 1.165) is 35.1 Å². The summed E-state index contributed by atoms with van der Waals surface area (Å²) < 4.78 is 5.60. The summed E-state index contributed by atoms with van der Waals surface area (Å²) in [6, 6.07) is 15.8. The van der Waals surface area contributed by atoms with E-state index in [0.29, 0.717) is 0 Å². The number of nitrogens with one attached hydrogen (secondary N) is 1. The fraction of sp³-hybridized carbons (Fsp3) is 0.400. The van der Waals surface area contributed by atoms with Gasteiger partial charge in [-0.05, 0) is 41.0 Å². The van der Waals surface area contributed by atoms with Gasteiger partial charge in [-0.3, -0.25) is 4.79 Å². The minimum atomic E-state index is -1.87. The molecule has 2 amide bonds. The molecule has 3 N–H and O–H groups in total. The summed E-state index contributed by atoms with van der Waals surface area (Å²) in [5, 5.41) is 21.7. The smallest absolute Gasteiger partial charge is 0.407 e. The van der Waals surface area contributed by atoms with Gasteiger partial charge in [0, 0.05) is 18.4 Å². The molecule has 1 aliphatic heterocycles. The zero-order chi connectivity index (χ0) is 23.2. The van der Waals surface area contributed by atoms with Crippen LogP contribution in [0, 0.1) is 5.92 Å². The number of carboxylic acids is 1. The standard InChI is InChI=1S/C25H26N2O6/c28-22(27-13-25(32,14-27)23(29)30)11-21(15-9-10-15)26-24(31)33-12-20-18-7-3-1-5-16(18)17-6-2-4-8-19(17)20/h1-8,15,20-21,32H,9-14H2,(H,26,31)(H,29,30). The number of amides is 2. The monoisotopic (exact) mass is 450 g/mol. The molecular formula is C25H26N2O6. The lowest BCUT2D eigenvalue weighted by Crippen LogP contribution is -2.67. The van der Waals surface area contributed by atoms with Crippen molar-refractivity contribution in [2.24, 2.45) is 5.92 Å². The van der Waals surface area contributed by atoms with Crippen molar-refractivity contribution in [3.05, 3.63) is 59.7 Å². The number of carboxylic acid groups (broad SMARTS) is 1. The van der Waals surface area contributed by atoms with E-state index in [1.165, 1.54) is 4.90 Å². The minimum absolute atomic E-state index is 0.0426. The van der Waals surface area contributed by atoms with E-state index >= 15 is 0 Å². The van der Waals surface area contributed by atoms with E-state index in [1.54, 1.807) is 0 Å². The van der Waals surface area contributed by atoms with Crippen LogP contribution < -0.4 is 5.32 Å². The Morgan fingerprint density at radius 1 is 1.03 bits per heavy atom. The molecule has 8 heteroatoms. The Bertz CT molecular complexity index is 1060. The summed E-state index contributed by atoms with van der Waals surface area (Å²) in [5.41, 5.74) is 2.69. The van der Waals surface area contributed by atoms with Crippen LogP contribution in [0.15, 0.2) is 48.5 Å². The Morgan fingerprint density at radius 2 is 1.61 bits per heavy atom. The van der Waals surface area contributed by atoms with Crippen molar-refractivity contribution in [1.82, 2.24) is 10.2 Å². The number of alkyl carbamates (subject to hydrolysis) is 1. The highest BCUT2D eigenvalue weighted by atomic mass is 16.5. The molecule has 0 radical (unpaired) electrons. The third-order valence-electron chi connectivity index (χ3n) is 6.89. The summed E-state index contributed by atoms with van der Waals surface area (Å²) in [6.45, 7) is -0.268. The molecule has 0 bridgehead atoms. The fourth-order valence-electron chi connectivity index (χ4n) is 4.84. The number of hydrogen-bond donors (Lipinski definition) is 3. The number of benzene rings is 2. The highest BCUT2D eigenvalue weighted by Crippen LogP contribution is 2.44. The van der Waals surface area contributed by atoms with Gasteiger partial charge in [0.25, 0.3) is 0 Å². The maximum atomic E-state index is 12.6. The third-order valence-corrected chi connectivity index (χ3v) is 6.89. The Labute approximate surface area is 191 Å². The van der Waals surface area contributed by atoms with E-state index < -0.39 is 17.7 Å². The summed E-state index contributed by atoms with van der Waals surface area (Å²) in [6.07, 6.45) is 1.33. The zero-order valence-electron chi connectivity index (χ0n) is 18.1. The second-order valence-corrected chi connectivity index (χ2v) is 9.20. The summed E-state index contributed by atoms with van der Waals surface area (Å²) in [5.74, 6) is -1.45. The topological polar surface area (TPSA) is 116 Å². The second kappa shape index (κ2) is 8.19. The quantitative estimate of drug-likeness (QED) is 0.596. The number of likely N-dealkylation sites (tertiary alicyclic amines) is 1. The van der Waals surface area contributed by atoms with Gasteiger partial charge in [-0.25, -0.2) is 9.59 Å². The van der Waals surface area contributed by atoms with E-state index in [2.05, 4.69) is 29.6 Å². The summed E-state index contributed by atoms with van der Waals surface area (Å²) in [4.78, 5) is 37.5. The van der Waals surface area contributed by atoms with Crippen LogP contribution in [-0.4, -0.2) is 64.4 Å². The molecule has 0 aromatic heterocycles. The van der Waals surface area contributed by atoms with Gasteiger partial charge in [0.2, 0.25) is 5.91 Å². The molecule has 0 spiro atoms. The number of carbonyl (C=O) groups is 3. The number of nitrogens with zero attached hydrogens (tertiary/aromatic N) is 1. The van der Waals surface area contributed by atoms with Crippen LogP contribution in [0.5, 0.6) is 0 Å². The second-order valence-electron chi connectivity index (χ2n) is 9.20. The minimum Gasteiger partial charge on any atom is -0.479 e. The molecule has 2 fully saturated rings. The average molecular weight is 450 g/mol. The van der Waals surface area contributed by atoms with Crippen molar-refractivity contribution in [3.8, 4) is 11.1 Å². The van der Waals surface area contributed by atoms with E-state index in [9.17, 15) is 19.5 Å². The first-order valence-corrected chi connectivity index (χ1v) is 11.2. The largest absolute Gasteiger partial charge is 0.479 e.